The van der Waals surface area contributed by atoms with Gasteiger partial charge < -0.3 is 10.6 Å². The highest BCUT2D eigenvalue weighted by Crippen LogP contribution is 2.33. The molecule has 31 heavy (non-hydrogen) atoms. The van der Waals surface area contributed by atoms with E-state index in [1.54, 1.807) is 48.5 Å². The molecule has 3 aromatic rings. The lowest BCUT2D eigenvalue weighted by Gasteiger charge is -2.30. The van der Waals surface area contributed by atoms with E-state index in [0.29, 0.717) is 17.7 Å². The molecule has 0 unspecified atom stereocenters. The molecule has 0 aliphatic heterocycles. The molecule has 0 bridgehead atoms. The predicted molar refractivity (Wildman–Crippen MR) is 106 cm³/mol. The van der Waals surface area contributed by atoms with Gasteiger partial charge in [0.15, 0.2) is 0 Å². The van der Waals surface area contributed by atoms with Gasteiger partial charge in [0.2, 0.25) is 5.91 Å². The average Bonchev–Trinajstić information content (AvgIpc) is 2.74. The standard InChI is InChI=1S/C23H18F4N2O2/c24-19-12-11-15(13-18(19)23(25,26)27)14-29(22(31)17-9-5-2-6-10-17)20(21(28)30)16-7-3-1-4-8-16/h1-13,20H,14H2,(H2,28,30)/t20-/m1/s1. The van der Waals surface area contributed by atoms with Gasteiger partial charge >= 0.3 is 6.18 Å². The largest absolute Gasteiger partial charge is 0.419 e. The fourth-order valence-corrected chi connectivity index (χ4v) is 3.24. The van der Waals surface area contributed by atoms with Crippen molar-refractivity contribution in [3.05, 3.63) is 107 Å². The lowest BCUT2D eigenvalue weighted by atomic mass is 10.0. The molecule has 0 heterocycles. The number of carbonyl (C=O) groups excluding carboxylic acids is 2. The summed E-state index contributed by atoms with van der Waals surface area (Å²) in [4.78, 5) is 26.7. The predicted octanol–water partition coefficient (Wildman–Crippen LogP) is 4.71. The van der Waals surface area contributed by atoms with Crippen molar-refractivity contribution < 1.29 is 27.2 Å². The highest BCUT2D eigenvalue weighted by atomic mass is 19.4. The Morgan fingerprint density at radius 1 is 0.903 bits per heavy atom. The summed E-state index contributed by atoms with van der Waals surface area (Å²) in [6.07, 6.45) is -4.91. The number of halogens is 4. The van der Waals surface area contributed by atoms with E-state index in [-0.39, 0.29) is 17.7 Å². The third-order valence-electron chi connectivity index (χ3n) is 4.67. The van der Waals surface area contributed by atoms with Crippen LogP contribution in [-0.2, 0) is 17.5 Å². The van der Waals surface area contributed by atoms with Gasteiger partial charge in [-0.2, -0.15) is 13.2 Å². The van der Waals surface area contributed by atoms with Crippen LogP contribution in [0.3, 0.4) is 0 Å². The van der Waals surface area contributed by atoms with Crippen LogP contribution in [-0.4, -0.2) is 16.7 Å². The second kappa shape index (κ2) is 8.99. The number of alkyl halides is 3. The van der Waals surface area contributed by atoms with Crippen molar-refractivity contribution in [1.82, 2.24) is 4.90 Å². The van der Waals surface area contributed by atoms with Crippen LogP contribution in [0.4, 0.5) is 17.6 Å². The number of hydrogen-bond donors (Lipinski definition) is 1. The highest BCUT2D eigenvalue weighted by molar-refractivity contribution is 5.97. The molecule has 0 aliphatic rings. The van der Waals surface area contributed by atoms with Gasteiger partial charge in [0.05, 0.1) is 5.56 Å². The zero-order valence-electron chi connectivity index (χ0n) is 16.1. The van der Waals surface area contributed by atoms with E-state index < -0.39 is 35.4 Å². The Balaban J connectivity index is 2.08. The summed E-state index contributed by atoms with van der Waals surface area (Å²) in [7, 11) is 0. The zero-order valence-corrected chi connectivity index (χ0v) is 16.1. The molecule has 4 nitrogen and oxygen atoms in total. The maximum absolute atomic E-state index is 13.7. The number of benzene rings is 3. The first-order valence-corrected chi connectivity index (χ1v) is 9.24. The Morgan fingerprint density at radius 3 is 2.03 bits per heavy atom. The van der Waals surface area contributed by atoms with Crippen molar-refractivity contribution in [2.45, 2.75) is 18.8 Å². The summed E-state index contributed by atoms with van der Waals surface area (Å²) in [5, 5.41) is 0. The van der Waals surface area contributed by atoms with Crippen molar-refractivity contribution in [2.24, 2.45) is 5.73 Å². The second-order valence-corrected chi connectivity index (χ2v) is 6.83. The van der Waals surface area contributed by atoms with Crippen LogP contribution in [0.25, 0.3) is 0 Å². The number of primary amides is 1. The Bertz CT molecular complexity index is 1070. The van der Waals surface area contributed by atoms with E-state index in [9.17, 15) is 27.2 Å². The van der Waals surface area contributed by atoms with Gasteiger partial charge in [0.25, 0.3) is 5.91 Å². The minimum atomic E-state index is -4.91. The molecule has 8 heteroatoms. The van der Waals surface area contributed by atoms with Gasteiger partial charge in [-0.3, -0.25) is 9.59 Å². The van der Waals surface area contributed by atoms with Crippen molar-refractivity contribution in [1.29, 1.82) is 0 Å². The van der Waals surface area contributed by atoms with Crippen LogP contribution in [0.1, 0.15) is 33.1 Å². The van der Waals surface area contributed by atoms with E-state index in [2.05, 4.69) is 0 Å². The summed E-state index contributed by atoms with van der Waals surface area (Å²) in [6, 6.07) is 17.4. The Labute approximate surface area is 175 Å². The third-order valence-corrected chi connectivity index (χ3v) is 4.67. The SMILES string of the molecule is NC(=O)[C@@H](c1ccccc1)N(Cc1ccc(F)c(C(F)(F)F)c1)C(=O)c1ccccc1. The van der Waals surface area contributed by atoms with Crippen molar-refractivity contribution in [2.75, 3.05) is 0 Å². The quantitative estimate of drug-likeness (QED) is 0.576. The molecule has 0 fully saturated rings. The summed E-state index contributed by atoms with van der Waals surface area (Å²) in [5.74, 6) is -2.88. The van der Waals surface area contributed by atoms with Crippen molar-refractivity contribution >= 4 is 11.8 Å². The number of amides is 2. The minimum Gasteiger partial charge on any atom is -0.368 e. The van der Waals surface area contributed by atoms with Crippen LogP contribution in [0.2, 0.25) is 0 Å². The molecule has 3 aromatic carbocycles. The van der Waals surface area contributed by atoms with Crippen LogP contribution < -0.4 is 5.73 Å². The second-order valence-electron chi connectivity index (χ2n) is 6.83. The molecule has 1 atom stereocenters. The molecule has 0 saturated heterocycles. The normalized spacial score (nSPS) is 12.3. The molecule has 0 radical (unpaired) electrons. The molecule has 0 aliphatic carbocycles. The van der Waals surface area contributed by atoms with Crippen molar-refractivity contribution in [3.8, 4) is 0 Å². The number of carbonyl (C=O) groups is 2. The first-order valence-electron chi connectivity index (χ1n) is 9.24. The van der Waals surface area contributed by atoms with Gasteiger partial charge in [-0.15, -0.1) is 0 Å². The van der Waals surface area contributed by atoms with Gasteiger partial charge in [-0.25, -0.2) is 4.39 Å². The van der Waals surface area contributed by atoms with E-state index >= 15 is 0 Å². The lowest BCUT2D eigenvalue weighted by molar-refractivity contribution is -0.140. The monoisotopic (exact) mass is 430 g/mol. The number of nitrogens with zero attached hydrogens (tertiary/aromatic N) is 1. The molecule has 160 valence electrons. The maximum Gasteiger partial charge on any atom is 0.419 e. The summed E-state index contributed by atoms with van der Waals surface area (Å²) in [6.45, 7) is -0.389. The Morgan fingerprint density at radius 2 is 1.48 bits per heavy atom. The fraction of sp³-hybridized carbons (Fsp3) is 0.130. The number of hydrogen-bond acceptors (Lipinski definition) is 2. The maximum atomic E-state index is 13.7. The molecular formula is C23H18F4N2O2. The summed E-state index contributed by atoms with van der Waals surface area (Å²) >= 11 is 0. The lowest BCUT2D eigenvalue weighted by Crippen LogP contribution is -2.41. The minimum absolute atomic E-state index is 0.000173. The highest BCUT2D eigenvalue weighted by Gasteiger charge is 2.35. The van der Waals surface area contributed by atoms with Gasteiger partial charge in [-0.05, 0) is 35.4 Å². The average molecular weight is 430 g/mol. The van der Waals surface area contributed by atoms with Crippen LogP contribution in [0.15, 0.2) is 78.9 Å². The van der Waals surface area contributed by atoms with Crippen LogP contribution in [0, 0.1) is 5.82 Å². The van der Waals surface area contributed by atoms with Crippen molar-refractivity contribution in [3.63, 3.8) is 0 Å². The number of nitrogens with two attached hydrogens (primary N) is 1. The molecular weight excluding hydrogens is 412 g/mol. The van der Waals surface area contributed by atoms with Crippen LogP contribution >= 0.6 is 0 Å². The van der Waals surface area contributed by atoms with Gasteiger partial charge in [-0.1, -0.05) is 54.6 Å². The smallest absolute Gasteiger partial charge is 0.368 e. The topological polar surface area (TPSA) is 63.4 Å². The van der Waals surface area contributed by atoms with Gasteiger partial charge in [0.1, 0.15) is 11.9 Å². The third kappa shape index (κ3) is 5.09. The molecule has 0 saturated carbocycles. The van der Waals surface area contributed by atoms with E-state index in [1.807, 2.05) is 0 Å². The van der Waals surface area contributed by atoms with Crippen LogP contribution in [0.5, 0.6) is 0 Å². The molecule has 2 amide bonds. The number of rotatable bonds is 6. The fourth-order valence-electron chi connectivity index (χ4n) is 3.24. The van der Waals surface area contributed by atoms with E-state index in [4.69, 9.17) is 5.73 Å². The first kappa shape index (κ1) is 22.0. The molecule has 3 rings (SSSR count). The Kier molecular flexibility index (Phi) is 6.39. The Hall–Kier alpha value is -3.68. The van der Waals surface area contributed by atoms with E-state index in [0.717, 1.165) is 11.0 Å². The van der Waals surface area contributed by atoms with E-state index in [1.165, 1.54) is 12.1 Å². The first-order chi connectivity index (χ1) is 14.7. The van der Waals surface area contributed by atoms with Gasteiger partial charge in [0, 0.05) is 12.1 Å². The molecule has 0 spiro atoms. The zero-order chi connectivity index (χ0) is 22.6. The summed E-state index contributed by atoms with van der Waals surface area (Å²) < 4.78 is 53.1. The molecule has 0 aromatic heterocycles. The molecule has 2 N–H and O–H groups in total. The summed E-state index contributed by atoms with van der Waals surface area (Å²) in [5.41, 5.74) is 4.76.